The van der Waals surface area contributed by atoms with Crippen molar-refractivity contribution in [1.82, 2.24) is 9.97 Å². The minimum Gasteiger partial charge on any atom is -0.298 e. The largest absolute Gasteiger partial charge is 0.298 e. The van der Waals surface area contributed by atoms with Crippen molar-refractivity contribution in [3.05, 3.63) is 51.8 Å². The summed E-state index contributed by atoms with van der Waals surface area (Å²) in [5, 5.41) is 11.2. The fraction of sp³-hybridized carbons (Fsp3) is 0.0833. The van der Waals surface area contributed by atoms with Gasteiger partial charge in [0.15, 0.2) is 11.4 Å². The molecule has 0 bridgehead atoms. The first kappa shape index (κ1) is 13.2. The quantitative estimate of drug-likeness (QED) is 0.369. The Morgan fingerprint density at radius 3 is 2.58 bits per heavy atom. The van der Waals surface area contributed by atoms with Crippen molar-refractivity contribution >= 4 is 23.7 Å². The van der Waals surface area contributed by atoms with Crippen LogP contribution in [0, 0.1) is 17.0 Å². The Labute approximate surface area is 113 Å². The number of hydrogen-bond acceptors (Lipinski definition) is 6. The summed E-state index contributed by atoms with van der Waals surface area (Å²) in [5.41, 5.74) is 0.785. The molecule has 0 unspecified atom stereocenters. The van der Waals surface area contributed by atoms with Gasteiger partial charge >= 0.3 is 0 Å². The second kappa shape index (κ2) is 5.57. The molecule has 0 fully saturated rings. The first-order valence-corrected chi connectivity index (χ1v) is 6.12. The molecule has 0 N–H and O–H groups in total. The molecule has 0 amide bonds. The lowest BCUT2D eigenvalue weighted by molar-refractivity contribution is -0.385. The van der Waals surface area contributed by atoms with Crippen LogP contribution in [0.15, 0.2) is 40.6 Å². The van der Waals surface area contributed by atoms with Crippen molar-refractivity contribution in [1.29, 1.82) is 0 Å². The molecule has 0 aliphatic carbocycles. The third kappa shape index (κ3) is 3.14. The lowest BCUT2D eigenvalue weighted by Gasteiger charge is -2.02. The molecule has 0 saturated heterocycles. The van der Waals surface area contributed by atoms with Gasteiger partial charge in [-0.25, -0.2) is 9.97 Å². The molecule has 96 valence electrons. The number of nitro groups is 1. The van der Waals surface area contributed by atoms with Crippen LogP contribution in [0.4, 0.5) is 5.69 Å². The summed E-state index contributed by atoms with van der Waals surface area (Å²) in [7, 11) is 0. The van der Waals surface area contributed by atoms with Crippen molar-refractivity contribution in [2.75, 3.05) is 0 Å². The number of hydrogen-bond donors (Lipinski definition) is 0. The van der Waals surface area contributed by atoms with E-state index in [0.717, 1.165) is 5.56 Å². The van der Waals surface area contributed by atoms with Gasteiger partial charge in [0.25, 0.3) is 5.69 Å². The number of aromatic nitrogens is 2. The van der Waals surface area contributed by atoms with Crippen molar-refractivity contribution in [3.63, 3.8) is 0 Å². The molecular formula is C12H9N3O3S. The third-order valence-corrected chi connectivity index (χ3v) is 3.17. The number of benzene rings is 1. The molecule has 1 heterocycles. The fourth-order valence-corrected chi connectivity index (χ4v) is 2.14. The predicted octanol–water partition coefficient (Wildman–Crippen LogP) is 2.66. The zero-order chi connectivity index (χ0) is 13.8. The van der Waals surface area contributed by atoms with E-state index in [1.165, 1.54) is 23.9 Å². The van der Waals surface area contributed by atoms with E-state index >= 15 is 0 Å². The average molecular weight is 275 g/mol. The Hall–Kier alpha value is -2.28. The third-order valence-electron chi connectivity index (χ3n) is 2.29. The summed E-state index contributed by atoms with van der Waals surface area (Å²) < 4.78 is 0. The Kier molecular flexibility index (Phi) is 3.86. The van der Waals surface area contributed by atoms with E-state index in [1.807, 2.05) is 6.92 Å². The van der Waals surface area contributed by atoms with Crippen LogP contribution in [0.25, 0.3) is 0 Å². The lowest BCUT2D eigenvalue weighted by Crippen LogP contribution is -1.94. The highest BCUT2D eigenvalue weighted by atomic mass is 32.2. The highest BCUT2D eigenvalue weighted by Crippen LogP contribution is 2.28. The smallest absolute Gasteiger partial charge is 0.279 e. The topological polar surface area (TPSA) is 86.0 Å². The van der Waals surface area contributed by atoms with E-state index in [4.69, 9.17) is 0 Å². The lowest BCUT2D eigenvalue weighted by atomic mass is 10.2. The van der Waals surface area contributed by atoms with Crippen LogP contribution in [-0.4, -0.2) is 21.2 Å². The van der Waals surface area contributed by atoms with Crippen LogP contribution in [0.5, 0.6) is 0 Å². The molecule has 0 aliphatic rings. The number of aryl methyl sites for hydroxylation is 1. The molecule has 2 rings (SSSR count). The van der Waals surface area contributed by atoms with Gasteiger partial charge in [0.2, 0.25) is 0 Å². The number of carbonyl (C=O) groups is 1. The molecule has 2 aromatic rings. The monoisotopic (exact) mass is 275 g/mol. The van der Waals surface area contributed by atoms with Crippen LogP contribution in [0.2, 0.25) is 0 Å². The van der Waals surface area contributed by atoms with Crippen molar-refractivity contribution in [3.8, 4) is 0 Å². The van der Waals surface area contributed by atoms with Crippen LogP contribution in [0.3, 0.4) is 0 Å². The highest BCUT2D eigenvalue weighted by molar-refractivity contribution is 7.99. The molecule has 1 aromatic carbocycles. The zero-order valence-corrected chi connectivity index (χ0v) is 10.8. The van der Waals surface area contributed by atoms with E-state index in [-0.39, 0.29) is 11.3 Å². The van der Waals surface area contributed by atoms with Crippen molar-refractivity contribution in [2.45, 2.75) is 17.0 Å². The Morgan fingerprint density at radius 1 is 1.32 bits per heavy atom. The standard InChI is InChI=1S/C12H9N3O3S/c1-8-5-13-12(14-6-8)19-10-2-3-11(15(17)18)9(4-10)7-16/h2-7H,1H3. The first-order chi connectivity index (χ1) is 9.10. The number of carbonyl (C=O) groups excluding carboxylic acids is 1. The highest BCUT2D eigenvalue weighted by Gasteiger charge is 2.14. The number of nitrogens with zero attached hydrogens (tertiary/aromatic N) is 3. The minimum atomic E-state index is -0.583. The molecule has 0 spiro atoms. The maximum atomic E-state index is 10.8. The van der Waals surface area contributed by atoms with Gasteiger partial charge in [-0.1, -0.05) is 0 Å². The Balaban J connectivity index is 2.29. The van der Waals surface area contributed by atoms with Crippen LogP contribution < -0.4 is 0 Å². The van der Waals surface area contributed by atoms with Crippen LogP contribution in [-0.2, 0) is 0 Å². The number of nitro benzene ring substituents is 1. The summed E-state index contributed by atoms with van der Waals surface area (Å²) in [6.45, 7) is 1.88. The second-order valence-electron chi connectivity index (χ2n) is 3.74. The molecule has 7 heteroatoms. The van der Waals surface area contributed by atoms with Crippen molar-refractivity contribution < 1.29 is 9.72 Å². The van der Waals surface area contributed by atoms with Gasteiger partial charge in [-0.05, 0) is 36.4 Å². The SMILES string of the molecule is Cc1cnc(Sc2ccc([N+](=O)[O-])c(C=O)c2)nc1. The number of aldehydes is 1. The first-order valence-electron chi connectivity index (χ1n) is 5.30. The molecule has 19 heavy (non-hydrogen) atoms. The van der Waals surface area contributed by atoms with Gasteiger partial charge in [-0.15, -0.1) is 0 Å². The molecular weight excluding hydrogens is 266 g/mol. The summed E-state index contributed by atoms with van der Waals surface area (Å²) >= 11 is 1.24. The normalized spacial score (nSPS) is 10.2. The van der Waals surface area contributed by atoms with Gasteiger partial charge in [-0.3, -0.25) is 14.9 Å². The summed E-state index contributed by atoms with van der Waals surface area (Å²) in [6, 6.07) is 4.33. The van der Waals surface area contributed by atoms with E-state index in [2.05, 4.69) is 9.97 Å². The molecule has 0 atom stereocenters. The van der Waals surface area contributed by atoms with Gasteiger partial charge < -0.3 is 0 Å². The van der Waals surface area contributed by atoms with Crippen molar-refractivity contribution in [2.24, 2.45) is 0 Å². The van der Waals surface area contributed by atoms with E-state index < -0.39 is 4.92 Å². The van der Waals surface area contributed by atoms with Gasteiger partial charge in [0.05, 0.1) is 10.5 Å². The Morgan fingerprint density at radius 2 is 2.00 bits per heavy atom. The average Bonchev–Trinajstić information content (AvgIpc) is 2.41. The zero-order valence-electron chi connectivity index (χ0n) is 9.94. The maximum absolute atomic E-state index is 10.8. The maximum Gasteiger partial charge on any atom is 0.279 e. The predicted molar refractivity (Wildman–Crippen MR) is 69.4 cm³/mol. The van der Waals surface area contributed by atoms with E-state index in [1.54, 1.807) is 18.5 Å². The van der Waals surface area contributed by atoms with E-state index in [0.29, 0.717) is 16.3 Å². The van der Waals surface area contributed by atoms with Crippen LogP contribution in [0.1, 0.15) is 15.9 Å². The summed E-state index contributed by atoms with van der Waals surface area (Å²) in [6.07, 6.45) is 3.83. The molecule has 0 saturated carbocycles. The summed E-state index contributed by atoms with van der Waals surface area (Å²) in [4.78, 5) is 29.9. The fourth-order valence-electron chi connectivity index (χ4n) is 1.40. The minimum absolute atomic E-state index is 0.0436. The van der Waals surface area contributed by atoms with Gasteiger partial charge in [0, 0.05) is 23.4 Å². The summed E-state index contributed by atoms with van der Waals surface area (Å²) in [5.74, 6) is 0. The van der Waals surface area contributed by atoms with Gasteiger partial charge in [-0.2, -0.15) is 0 Å². The number of rotatable bonds is 4. The van der Waals surface area contributed by atoms with E-state index in [9.17, 15) is 14.9 Å². The molecule has 6 nitrogen and oxygen atoms in total. The van der Waals surface area contributed by atoms with Gasteiger partial charge in [0.1, 0.15) is 0 Å². The molecule has 0 radical (unpaired) electrons. The molecule has 1 aromatic heterocycles. The molecule has 0 aliphatic heterocycles. The van der Waals surface area contributed by atoms with Crippen LogP contribution >= 0.6 is 11.8 Å². The second-order valence-corrected chi connectivity index (χ2v) is 4.78. The Bertz CT molecular complexity index is 629.